The maximum Gasteiger partial charge on any atom is 0.124 e. The molecule has 3 rings (SSSR count). The number of rotatable bonds is 1. The molecule has 3 aromatic rings. The van der Waals surface area contributed by atoms with E-state index in [1.54, 1.807) is 11.3 Å². The van der Waals surface area contributed by atoms with Gasteiger partial charge in [-0.2, -0.15) is 5.26 Å². The Morgan fingerprint density at radius 2 is 1.89 bits per heavy atom. The minimum absolute atomic E-state index is 0.656. The fourth-order valence-electron chi connectivity index (χ4n) is 1.82. The van der Waals surface area contributed by atoms with E-state index in [-0.39, 0.29) is 0 Å². The predicted molar refractivity (Wildman–Crippen MR) is 74.5 cm³/mol. The highest BCUT2D eigenvalue weighted by atomic mass is 32.1. The van der Waals surface area contributed by atoms with E-state index in [4.69, 9.17) is 5.26 Å². The van der Waals surface area contributed by atoms with Crippen molar-refractivity contribution in [2.24, 2.45) is 0 Å². The molecular weight excluding hydrogens is 240 g/mol. The second-order valence-electron chi connectivity index (χ2n) is 4.18. The van der Waals surface area contributed by atoms with Crippen molar-refractivity contribution in [2.75, 3.05) is 0 Å². The first-order valence-corrected chi connectivity index (χ1v) is 6.45. The van der Waals surface area contributed by atoms with Crippen LogP contribution in [0.15, 0.2) is 42.5 Å². The maximum atomic E-state index is 8.88. The summed E-state index contributed by atoms with van der Waals surface area (Å²) in [6.07, 6.45) is 0. The molecule has 0 fully saturated rings. The van der Waals surface area contributed by atoms with Crippen molar-refractivity contribution in [3.05, 3.63) is 53.6 Å². The molecule has 0 amide bonds. The molecule has 0 saturated heterocycles. The lowest BCUT2D eigenvalue weighted by atomic mass is 10.2. The van der Waals surface area contributed by atoms with Crippen LogP contribution in [0.2, 0.25) is 0 Å². The van der Waals surface area contributed by atoms with Gasteiger partial charge in [0.15, 0.2) is 0 Å². The molecular formula is C15H10N2S. The number of thiazole rings is 1. The van der Waals surface area contributed by atoms with E-state index in [2.05, 4.69) is 42.2 Å². The van der Waals surface area contributed by atoms with Crippen molar-refractivity contribution >= 4 is 21.6 Å². The van der Waals surface area contributed by atoms with Gasteiger partial charge in [0.2, 0.25) is 0 Å². The highest BCUT2D eigenvalue weighted by molar-refractivity contribution is 7.21. The molecule has 0 aliphatic carbocycles. The molecule has 0 spiro atoms. The van der Waals surface area contributed by atoms with E-state index in [0.717, 1.165) is 20.8 Å². The van der Waals surface area contributed by atoms with Gasteiger partial charge in [-0.05, 0) is 25.1 Å². The summed E-state index contributed by atoms with van der Waals surface area (Å²) in [6.45, 7) is 2.07. The van der Waals surface area contributed by atoms with Crippen LogP contribution in [0, 0.1) is 18.3 Å². The maximum absolute atomic E-state index is 8.88. The Kier molecular flexibility index (Phi) is 2.58. The smallest absolute Gasteiger partial charge is 0.124 e. The van der Waals surface area contributed by atoms with Gasteiger partial charge < -0.3 is 0 Å². The van der Waals surface area contributed by atoms with E-state index in [1.165, 1.54) is 5.56 Å². The highest BCUT2D eigenvalue weighted by Crippen LogP contribution is 2.30. The predicted octanol–water partition coefficient (Wildman–Crippen LogP) is 4.14. The molecule has 0 atom stereocenters. The van der Waals surface area contributed by atoms with E-state index in [1.807, 2.05) is 18.2 Å². The number of aromatic nitrogens is 1. The zero-order valence-corrected chi connectivity index (χ0v) is 10.7. The largest absolute Gasteiger partial charge is 0.236 e. The Morgan fingerprint density at radius 3 is 2.61 bits per heavy atom. The normalized spacial score (nSPS) is 10.4. The quantitative estimate of drug-likeness (QED) is 0.650. The van der Waals surface area contributed by atoms with Gasteiger partial charge in [-0.15, -0.1) is 11.3 Å². The van der Waals surface area contributed by atoms with Gasteiger partial charge in [-0.25, -0.2) is 4.98 Å². The van der Waals surface area contributed by atoms with E-state index in [0.29, 0.717) is 5.56 Å². The van der Waals surface area contributed by atoms with Crippen LogP contribution in [0.4, 0.5) is 0 Å². The number of hydrogen-bond donors (Lipinski definition) is 0. The van der Waals surface area contributed by atoms with Crippen LogP contribution in [0.1, 0.15) is 11.1 Å². The van der Waals surface area contributed by atoms with Gasteiger partial charge in [-0.1, -0.05) is 29.8 Å². The van der Waals surface area contributed by atoms with Gasteiger partial charge in [0.25, 0.3) is 0 Å². The van der Waals surface area contributed by atoms with Crippen LogP contribution < -0.4 is 0 Å². The average molecular weight is 250 g/mol. The van der Waals surface area contributed by atoms with Crippen LogP contribution in [-0.2, 0) is 0 Å². The molecule has 18 heavy (non-hydrogen) atoms. The van der Waals surface area contributed by atoms with Crippen molar-refractivity contribution in [3.63, 3.8) is 0 Å². The van der Waals surface area contributed by atoms with Crippen LogP contribution in [0.5, 0.6) is 0 Å². The molecule has 0 aliphatic rings. The Hall–Kier alpha value is -2.18. The zero-order chi connectivity index (χ0) is 12.5. The molecule has 0 bridgehead atoms. The minimum atomic E-state index is 0.656. The third kappa shape index (κ3) is 1.87. The second-order valence-corrected chi connectivity index (χ2v) is 5.21. The summed E-state index contributed by atoms with van der Waals surface area (Å²) in [4.78, 5) is 4.59. The van der Waals surface area contributed by atoms with Crippen LogP contribution in [0.3, 0.4) is 0 Å². The van der Waals surface area contributed by atoms with Gasteiger partial charge in [0.1, 0.15) is 5.01 Å². The monoisotopic (exact) mass is 250 g/mol. The average Bonchev–Trinajstić information content (AvgIpc) is 2.82. The molecule has 1 aromatic heterocycles. The molecule has 2 aromatic carbocycles. The topological polar surface area (TPSA) is 36.7 Å². The molecule has 1 heterocycles. The van der Waals surface area contributed by atoms with E-state index >= 15 is 0 Å². The second kappa shape index (κ2) is 4.25. The molecule has 0 aliphatic heterocycles. The van der Waals surface area contributed by atoms with Crippen molar-refractivity contribution in [1.82, 2.24) is 4.98 Å². The van der Waals surface area contributed by atoms with Crippen molar-refractivity contribution in [1.29, 1.82) is 5.26 Å². The summed E-state index contributed by atoms with van der Waals surface area (Å²) in [5.41, 5.74) is 3.92. The van der Waals surface area contributed by atoms with E-state index in [9.17, 15) is 0 Å². The first kappa shape index (κ1) is 10.9. The zero-order valence-electron chi connectivity index (χ0n) is 9.84. The number of aryl methyl sites for hydroxylation is 1. The fourth-order valence-corrected chi connectivity index (χ4v) is 2.77. The van der Waals surface area contributed by atoms with Gasteiger partial charge in [-0.3, -0.25) is 0 Å². The summed E-state index contributed by atoms with van der Waals surface area (Å²) in [5, 5.41) is 9.88. The molecule has 0 radical (unpaired) electrons. The number of nitriles is 1. The number of benzene rings is 2. The molecule has 3 heteroatoms. The first-order valence-electron chi connectivity index (χ1n) is 5.64. The summed E-state index contributed by atoms with van der Waals surface area (Å²) in [6, 6.07) is 16.1. The molecule has 0 unspecified atom stereocenters. The minimum Gasteiger partial charge on any atom is -0.236 e. The highest BCUT2D eigenvalue weighted by Gasteiger charge is 2.06. The van der Waals surface area contributed by atoms with Crippen LogP contribution >= 0.6 is 11.3 Å². The lowest BCUT2D eigenvalue weighted by Gasteiger charge is -1.95. The lowest BCUT2D eigenvalue weighted by Crippen LogP contribution is -1.77. The number of nitrogens with zero attached hydrogens (tertiary/aromatic N) is 2. The number of fused-ring (bicyclic) bond motifs is 1. The first-order chi connectivity index (χ1) is 8.76. The fraction of sp³-hybridized carbons (Fsp3) is 0.0667. The Balaban J connectivity index is 2.13. The molecule has 86 valence electrons. The standard InChI is InChI=1S/C15H10N2S/c1-10-2-5-12(6-3-10)15-17-13-8-11(9-16)4-7-14(13)18-15/h2-8H,1H3. The molecule has 0 N–H and O–H groups in total. The molecule has 2 nitrogen and oxygen atoms in total. The lowest BCUT2D eigenvalue weighted by molar-refractivity contribution is 1.43. The van der Waals surface area contributed by atoms with Crippen molar-refractivity contribution < 1.29 is 0 Å². The summed E-state index contributed by atoms with van der Waals surface area (Å²) in [5.74, 6) is 0. The third-order valence-electron chi connectivity index (χ3n) is 2.82. The van der Waals surface area contributed by atoms with E-state index < -0.39 is 0 Å². The third-order valence-corrected chi connectivity index (χ3v) is 3.90. The van der Waals surface area contributed by atoms with Gasteiger partial charge in [0, 0.05) is 5.56 Å². The Morgan fingerprint density at radius 1 is 1.11 bits per heavy atom. The van der Waals surface area contributed by atoms with Crippen molar-refractivity contribution in [3.8, 4) is 16.6 Å². The molecule has 0 saturated carbocycles. The number of hydrogen-bond acceptors (Lipinski definition) is 3. The SMILES string of the molecule is Cc1ccc(-c2nc3cc(C#N)ccc3s2)cc1. The van der Waals surface area contributed by atoms with Gasteiger partial charge >= 0.3 is 0 Å². The summed E-state index contributed by atoms with van der Waals surface area (Å²) < 4.78 is 1.12. The summed E-state index contributed by atoms with van der Waals surface area (Å²) in [7, 11) is 0. The Bertz CT molecular complexity index is 748. The summed E-state index contributed by atoms with van der Waals surface area (Å²) >= 11 is 1.65. The van der Waals surface area contributed by atoms with Crippen molar-refractivity contribution in [2.45, 2.75) is 6.92 Å². The van der Waals surface area contributed by atoms with Gasteiger partial charge in [0.05, 0.1) is 21.8 Å². The van der Waals surface area contributed by atoms with Crippen LogP contribution in [-0.4, -0.2) is 4.98 Å². The Labute approximate surface area is 109 Å². The van der Waals surface area contributed by atoms with Crippen LogP contribution in [0.25, 0.3) is 20.8 Å².